The standard InChI is InChI=1S/C11H22N2O5S/c1-17-11(14)9-19(15,16)13-5-2-8-18-10-3-6-12-7-4-10/h10,12-13H,2-9H2,1H3. The molecule has 2 N–H and O–H groups in total. The first-order valence-electron chi connectivity index (χ1n) is 6.40. The van der Waals surface area contributed by atoms with Gasteiger partial charge in [0.05, 0.1) is 13.2 Å². The molecule has 0 aliphatic carbocycles. The SMILES string of the molecule is COC(=O)CS(=O)(=O)NCCCOC1CCNCC1. The molecule has 0 radical (unpaired) electrons. The number of sulfonamides is 1. The summed E-state index contributed by atoms with van der Waals surface area (Å²) in [5.41, 5.74) is 0. The average molecular weight is 294 g/mol. The largest absolute Gasteiger partial charge is 0.468 e. The molecule has 1 rings (SSSR count). The molecule has 7 nitrogen and oxygen atoms in total. The number of nitrogens with one attached hydrogen (secondary N) is 2. The maximum absolute atomic E-state index is 11.4. The van der Waals surface area contributed by atoms with Crippen LogP contribution < -0.4 is 10.0 Å². The van der Waals surface area contributed by atoms with E-state index >= 15 is 0 Å². The molecule has 19 heavy (non-hydrogen) atoms. The highest BCUT2D eigenvalue weighted by atomic mass is 32.2. The first kappa shape index (κ1) is 16.4. The zero-order valence-corrected chi connectivity index (χ0v) is 12.0. The van der Waals surface area contributed by atoms with Gasteiger partial charge in [-0.15, -0.1) is 0 Å². The summed E-state index contributed by atoms with van der Waals surface area (Å²) >= 11 is 0. The minimum Gasteiger partial charge on any atom is -0.468 e. The third kappa shape index (κ3) is 7.46. The molecule has 0 spiro atoms. The number of piperidine rings is 1. The first-order valence-corrected chi connectivity index (χ1v) is 8.05. The molecule has 0 saturated carbocycles. The molecular weight excluding hydrogens is 272 g/mol. The van der Waals surface area contributed by atoms with Crippen LogP contribution in [0.5, 0.6) is 0 Å². The molecule has 1 saturated heterocycles. The highest BCUT2D eigenvalue weighted by Gasteiger charge is 2.16. The highest BCUT2D eigenvalue weighted by Crippen LogP contribution is 2.07. The van der Waals surface area contributed by atoms with E-state index in [1.165, 1.54) is 0 Å². The normalized spacial score (nSPS) is 17.3. The van der Waals surface area contributed by atoms with Gasteiger partial charge in [0.25, 0.3) is 0 Å². The van der Waals surface area contributed by atoms with Crippen molar-refractivity contribution in [1.82, 2.24) is 10.0 Å². The number of hydrogen-bond acceptors (Lipinski definition) is 6. The van der Waals surface area contributed by atoms with Crippen LogP contribution in [-0.2, 0) is 24.3 Å². The van der Waals surface area contributed by atoms with Crippen molar-refractivity contribution in [3.05, 3.63) is 0 Å². The Morgan fingerprint density at radius 2 is 2.05 bits per heavy atom. The van der Waals surface area contributed by atoms with Gasteiger partial charge in [0, 0.05) is 13.2 Å². The molecule has 0 aromatic heterocycles. The lowest BCUT2D eigenvalue weighted by Gasteiger charge is -2.22. The Hall–Kier alpha value is -0.700. The zero-order chi connectivity index (χ0) is 14.1. The van der Waals surface area contributed by atoms with E-state index < -0.39 is 21.7 Å². The van der Waals surface area contributed by atoms with Crippen molar-refractivity contribution in [3.63, 3.8) is 0 Å². The summed E-state index contributed by atoms with van der Waals surface area (Å²) in [4.78, 5) is 10.9. The lowest BCUT2D eigenvalue weighted by atomic mass is 10.1. The number of esters is 1. The van der Waals surface area contributed by atoms with Crippen LogP contribution >= 0.6 is 0 Å². The fraction of sp³-hybridized carbons (Fsp3) is 0.909. The van der Waals surface area contributed by atoms with Gasteiger partial charge in [-0.05, 0) is 32.4 Å². The number of hydrogen-bond donors (Lipinski definition) is 2. The lowest BCUT2D eigenvalue weighted by molar-refractivity contribution is -0.137. The van der Waals surface area contributed by atoms with E-state index in [9.17, 15) is 13.2 Å². The molecule has 1 fully saturated rings. The quantitative estimate of drug-likeness (QED) is 0.451. The molecule has 0 unspecified atom stereocenters. The predicted molar refractivity (Wildman–Crippen MR) is 70.3 cm³/mol. The summed E-state index contributed by atoms with van der Waals surface area (Å²) in [5, 5.41) is 3.24. The van der Waals surface area contributed by atoms with E-state index in [1.807, 2.05) is 0 Å². The monoisotopic (exact) mass is 294 g/mol. The van der Waals surface area contributed by atoms with Crippen LogP contribution in [0.4, 0.5) is 0 Å². The molecule has 1 heterocycles. The van der Waals surface area contributed by atoms with E-state index in [4.69, 9.17) is 4.74 Å². The number of ether oxygens (including phenoxy) is 2. The second-order valence-electron chi connectivity index (χ2n) is 4.40. The fourth-order valence-corrected chi connectivity index (χ4v) is 2.76. The predicted octanol–water partition coefficient (Wildman–Crippen LogP) is -0.762. The van der Waals surface area contributed by atoms with E-state index in [1.54, 1.807) is 0 Å². The van der Waals surface area contributed by atoms with Crippen LogP contribution in [0, 0.1) is 0 Å². The molecule has 0 amide bonds. The van der Waals surface area contributed by atoms with Crippen molar-refractivity contribution in [1.29, 1.82) is 0 Å². The van der Waals surface area contributed by atoms with Gasteiger partial charge in [-0.2, -0.15) is 0 Å². The Balaban J connectivity index is 2.07. The second-order valence-corrected chi connectivity index (χ2v) is 6.21. The van der Waals surface area contributed by atoms with E-state index in [2.05, 4.69) is 14.8 Å². The van der Waals surface area contributed by atoms with Gasteiger partial charge < -0.3 is 14.8 Å². The van der Waals surface area contributed by atoms with Crippen LogP contribution in [-0.4, -0.2) is 59.6 Å². The van der Waals surface area contributed by atoms with Gasteiger partial charge in [-0.25, -0.2) is 13.1 Å². The molecule has 0 atom stereocenters. The Kier molecular flexibility index (Phi) is 7.29. The van der Waals surface area contributed by atoms with Crippen LogP contribution in [0.3, 0.4) is 0 Å². The van der Waals surface area contributed by atoms with Crippen molar-refractivity contribution < 1.29 is 22.7 Å². The van der Waals surface area contributed by atoms with Gasteiger partial charge in [0.1, 0.15) is 0 Å². The molecular formula is C11H22N2O5S. The maximum Gasteiger partial charge on any atom is 0.322 e. The van der Waals surface area contributed by atoms with Crippen molar-refractivity contribution in [3.8, 4) is 0 Å². The van der Waals surface area contributed by atoms with Crippen molar-refractivity contribution >= 4 is 16.0 Å². The van der Waals surface area contributed by atoms with Crippen molar-refractivity contribution in [2.24, 2.45) is 0 Å². The van der Waals surface area contributed by atoms with Crippen LogP contribution in [0.15, 0.2) is 0 Å². The van der Waals surface area contributed by atoms with Gasteiger partial charge >= 0.3 is 5.97 Å². The first-order chi connectivity index (χ1) is 9.03. The Morgan fingerprint density at radius 1 is 1.37 bits per heavy atom. The Bertz CT molecular complexity index is 365. The smallest absolute Gasteiger partial charge is 0.322 e. The third-order valence-electron chi connectivity index (χ3n) is 2.82. The second kappa shape index (κ2) is 8.47. The van der Waals surface area contributed by atoms with E-state index in [0.29, 0.717) is 13.0 Å². The minimum absolute atomic E-state index is 0.268. The van der Waals surface area contributed by atoms with E-state index in [-0.39, 0.29) is 12.6 Å². The van der Waals surface area contributed by atoms with Crippen LogP contribution in [0.1, 0.15) is 19.3 Å². The highest BCUT2D eigenvalue weighted by molar-refractivity contribution is 7.90. The molecule has 8 heteroatoms. The van der Waals surface area contributed by atoms with Gasteiger partial charge in [-0.1, -0.05) is 0 Å². The summed E-state index contributed by atoms with van der Waals surface area (Å²) in [6, 6.07) is 0. The minimum atomic E-state index is -3.59. The molecule has 0 aromatic rings. The number of carbonyl (C=O) groups excluding carboxylic acids is 1. The molecule has 112 valence electrons. The molecule has 0 aromatic carbocycles. The summed E-state index contributed by atoms with van der Waals surface area (Å²) in [5.74, 6) is -1.41. The number of methoxy groups -OCH3 is 1. The average Bonchev–Trinajstić information content (AvgIpc) is 2.38. The summed E-state index contributed by atoms with van der Waals surface area (Å²) in [6.07, 6.45) is 2.85. The number of rotatable bonds is 8. The van der Waals surface area contributed by atoms with Gasteiger partial charge in [0.2, 0.25) is 10.0 Å². The summed E-state index contributed by atoms with van der Waals surface area (Å²) in [7, 11) is -2.43. The number of carbonyl (C=O) groups is 1. The Labute approximate surface area is 114 Å². The van der Waals surface area contributed by atoms with Gasteiger partial charge in [0.15, 0.2) is 5.75 Å². The molecule has 1 aliphatic rings. The van der Waals surface area contributed by atoms with Gasteiger partial charge in [-0.3, -0.25) is 4.79 Å². The van der Waals surface area contributed by atoms with Crippen LogP contribution in [0.2, 0.25) is 0 Å². The molecule has 0 bridgehead atoms. The summed E-state index contributed by atoms with van der Waals surface area (Å²) < 4.78 is 35.1. The van der Waals surface area contributed by atoms with Crippen molar-refractivity contribution in [2.45, 2.75) is 25.4 Å². The van der Waals surface area contributed by atoms with E-state index in [0.717, 1.165) is 33.0 Å². The summed E-state index contributed by atoms with van der Waals surface area (Å²) in [6.45, 7) is 2.72. The van der Waals surface area contributed by atoms with Crippen molar-refractivity contribution in [2.75, 3.05) is 39.1 Å². The topological polar surface area (TPSA) is 93.7 Å². The fourth-order valence-electron chi connectivity index (χ4n) is 1.78. The lowest BCUT2D eigenvalue weighted by Crippen LogP contribution is -2.34. The zero-order valence-electron chi connectivity index (χ0n) is 11.2. The molecule has 1 aliphatic heterocycles. The van der Waals surface area contributed by atoms with Crippen LogP contribution in [0.25, 0.3) is 0 Å². The maximum atomic E-state index is 11.4. The Morgan fingerprint density at radius 3 is 2.68 bits per heavy atom. The third-order valence-corrected chi connectivity index (χ3v) is 4.08.